The minimum absolute atomic E-state index is 0.805. The van der Waals surface area contributed by atoms with Crippen molar-refractivity contribution >= 4 is 11.8 Å². The largest absolute Gasteiger partial charge is 0.312 e. The average molecular weight is 214 g/mol. The molecule has 0 aromatic rings. The Morgan fingerprint density at radius 1 is 1.43 bits per heavy atom. The molecule has 0 spiro atoms. The molecule has 0 bridgehead atoms. The van der Waals surface area contributed by atoms with Gasteiger partial charge in [-0.25, -0.2) is 0 Å². The van der Waals surface area contributed by atoms with Gasteiger partial charge in [-0.15, -0.1) is 0 Å². The fourth-order valence-electron chi connectivity index (χ4n) is 2.54. The monoisotopic (exact) mass is 214 g/mol. The molecule has 14 heavy (non-hydrogen) atoms. The summed E-state index contributed by atoms with van der Waals surface area (Å²) in [5.74, 6) is 2.69. The predicted molar refractivity (Wildman–Crippen MR) is 64.0 cm³/mol. The molecule has 0 aromatic heterocycles. The zero-order valence-electron chi connectivity index (χ0n) is 9.17. The Morgan fingerprint density at radius 3 is 3.07 bits per heavy atom. The van der Waals surface area contributed by atoms with E-state index < -0.39 is 0 Å². The van der Waals surface area contributed by atoms with Gasteiger partial charge in [0.2, 0.25) is 0 Å². The van der Waals surface area contributed by atoms with Gasteiger partial charge in [-0.05, 0) is 38.1 Å². The van der Waals surface area contributed by atoms with E-state index in [1.165, 1.54) is 50.4 Å². The van der Waals surface area contributed by atoms with Gasteiger partial charge in [0.15, 0.2) is 0 Å². The van der Waals surface area contributed by atoms with Crippen LogP contribution in [0.2, 0.25) is 0 Å². The van der Waals surface area contributed by atoms with Gasteiger partial charge in [0, 0.05) is 24.4 Å². The first-order valence-electron chi connectivity index (χ1n) is 5.95. The molecule has 2 heterocycles. The Bertz CT molecular complexity index is 169. The lowest BCUT2D eigenvalue weighted by molar-refractivity contribution is 0.255. The van der Waals surface area contributed by atoms with Crippen molar-refractivity contribution in [3.05, 3.63) is 0 Å². The smallest absolute Gasteiger partial charge is 0.0221 e. The molecule has 0 unspecified atom stereocenters. The second-order valence-electron chi connectivity index (χ2n) is 4.39. The van der Waals surface area contributed by atoms with Crippen LogP contribution in [0.5, 0.6) is 0 Å². The molecule has 2 aliphatic heterocycles. The fraction of sp³-hybridized carbons (Fsp3) is 1.00. The maximum atomic E-state index is 3.73. The van der Waals surface area contributed by atoms with Gasteiger partial charge in [0.1, 0.15) is 0 Å². The van der Waals surface area contributed by atoms with Crippen LogP contribution >= 0.6 is 11.8 Å². The number of hydrogen-bond acceptors (Lipinski definition) is 3. The van der Waals surface area contributed by atoms with Crippen molar-refractivity contribution in [3.8, 4) is 0 Å². The maximum absolute atomic E-state index is 3.73. The standard InChI is InChI=1S/C11H22N2S/c1-2-13-6-3-4-11(13)8-12-10-5-7-14-9-10/h10-12H,2-9H2,1H3/t10-,11-/m0/s1. The van der Waals surface area contributed by atoms with Gasteiger partial charge in [0.25, 0.3) is 0 Å². The van der Waals surface area contributed by atoms with E-state index in [1.807, 2.05) is 0 Å². The van der Waals surface area contributed by atoms with E-state index >= 15 is 0 Å². The lowest BCUT2D eigenvalue weighted by Crippen LogP contribution is -2.41. The van der Waals surface area contributed by atoms with Crippen LogP contribution in [0.4, 0.5) is 0 Å². The quantitative estimate of drug-likeness (QED) is 0.765. The van der Waals surface area contributed by atoms with E-state index in [9.17, 15) is 0 Å². The highest BCUT2D eigenvalue weighted by Gasteiger charge is 2.24. The van der Waals surface area contributed by atoms with E-state index in [2.05, 4.69) is 28.9 Å². The summed E-state index contributed by atoms with van der Waals surface area (Å²) in [6.07, 6.45) is 4.18. The van der Waals surface area contributed by atoms with E-state index in [0.29, 0.717) is 0 Å². The van der Waals surface area contributed by atoms with Gasteiger partial charge in [-0.1, -0.05) is 6.92 Å². The molecule has 2 aliphatic rings. The maximum Gasteiger partial charge on any atom is 0.0221 e. The summed E-state index contributed by atoms with van der Waals surface area (Å²) >= 11 is 2.10. The Kier molecular flexibility index (Phi) is 4.14. The predicted octanol–water partition coefficient (Wildman–Crippen LogP) is 1.57. The summed E-state index contributed by atoms with van der Waals surface area (Å²) < 4.78 is 0. The molecule has 2 atom stereocenters. The van der Waals surface area contributed by atoms with Gasteiger partial charge >= 0.3 is 0 Å². The minimum Gasteiger partial charge on any atom is -0.312 e. The second kappa shape index (κ2) is 5.38. The molecule has 2 fully saturated rings. The van der Waals surface area contributed by atoms with Crippen molar-refractivity contribution < 1.29 is 0 Å². The first kappa shape index (κ1) is 10.8. The molecule has 3 heteroatoms. The first-order valence-corrected chi connectivity index (χ1v) is 7.11. The zero-order chi connectivity index (χ0) is 9.80. The molecule has 82 valence electrons. The highest BCUT2D eigenvalue weighted by molar-refractivity contribution is 7.99. The van der Waals surface area contributed by atoms with Crippen molar-refractivity contribution in [2.24, 2.45) is 0 Å². The highest BCUT2D eigenvalue weighted by atomic mass is 32.2. The first-order chi connectivity index (χ1) is 6.90. The summed E-state index contributed by atoms with van der Waals surface area (Å²) in [4.78, 5) is 2.62. The summed E-state index contributed by atoms with van der Waals surface area (Å²) in [5, 5.41) is 3.73. The van der Waals surface area contributed by atoms with Crippen molar-refractivity contribution in [1.29, 1.82) is 0 Å². The number of hydrogen-bond donors (Lipinski definition) is 1. The SMILES string of the molecule is CCN1CCC[C@H]1CN[C@H]1CCSC1. The third-order valence-corrected chi connectivity index (χ3v) is 4.64. The number of thioether (sulfide) groups is 1. The molecule has 0 radical (unpaired) electrons. The van der Waals surface area contributed by atoms with Crippen molar-refractivity contribution in [1.82, 2.24) is 10.2 Å². The molecule has 0 aromatic carbocycles. The molecule has 0 amide bonds. The number of likely N-dealkylation sites (tertiary alicyclic amines) is 1. The third-order valence-electron chi connectivity index (χ3n) is 3.48. The Hall–Kier alpha value is 0.270. The lowest BCUT2D eigenvalue weighted by Gasteiger charge is -2.24. The number of likely N-dealkylation sites (N-methyl/N-ethyl adjacent to an activating group) is 1. The van der Waals surface area contributed by atoms with E-state index in [-0.39, 0.29) is 0 Å². The van der Waals surface area contributed by atoms with Crippen LogP contribution in [0.15, 0.2) is 0 Å². The van der Waals surface area contributed by atoms with Crippen molar-refractivity contribution in [3.63, 3.8) is 0 Å². The van der Waals surface area contributed by atoms with E-state index in [0.717, 1.165) is 12.1 Å². The van der Waals surface area contributed by atoms with Crippen LogP contribution in [-0.4, -0.2) is 48.1 Å². The van der Waals surface area contributed by atoms with Crippen molar-refractivity contribution in [2.75, 3.05) is 31.1 Å². The molecule has 2 saturated heterocycles. The molecule has 0 aliphatic carbocycles. The number of nitrogens with one attached hydrogen (secondary N) is 1. The van der Waals surface area contributed by atoms with Crippen molar-refractivity contribution in [2.45, 2.75) is 38.3 Å². The lowest BCUT2D eigenvalue weighted by atomic mass is 10.2. The van der Waals surface area contributed by atoms with Crippen LogP contribution in [-0.2, 0) is 0 Å². The Morgan fingerprint density at radius 2 is 2.36 bits per heavy atom. The average Bonchev–Trinajstić information content (AvgIpc) is 2.85. The number of rotatable bonds is 4. The van der Waals surface area contributed by atoms with Gasteiger partial charge in [-0.2, -0.15) is 11.8 Å². The van der Waals surface area contributed by atoms with Crippen LogP contribution in [0, 0.1) is 0 Å². The highest BCUT2D eigenvalue weighted by Crippen LogP contribution is 2.19. The minimum atomic E-state index is 0.805. The van der Waals surface area contributed by atoms with Gasteiger partial charge in [-0.3, -0.25) is 4.90 Å². The Labute approximate surface area is 91.8 Å². The fourth-order valence-corrected chi connectivity index (χ4v) is 3.73. The van der Waals surface area contributed by atoms with Crippen LogP contribution < -0.4 is 5.32 Å². The molecule has 2 rings (SSSR count). The molecule has 1 N–H and O–H groups in total. The summed E-state index contributed by atoms with van der Waals surface area (Å²) in [5.41, 5.74) is 0. The van der Waals surface area contributed by atoms with E-state index in [1.54, 1.807) is 0 Å². The summed E-state index contributed by atoms with van der Waals surface area (Å²) in [6, 6.07) is 1.63. The van der Waals surface area contributed by atoms with E-state index in [4.69, 9.17) is 0 Å². The Balaban J connectivity index is 1.68. The molecular weight excluding hydrogens is 192 g/mol. The molecule has 2 nitrogen and oxygen atoms in total. The third kappa shape index (κ3) is 2.65. The van der Waals surface area contributed by atoms with Crippen LogP contribution in [0.1, 0.15) is 26.2 Å². The normalized spacial score (nSPS) is 34.1. The summed E-state index contributed by atoms with van der Waals surface area (Å²) in [7, 11) is 0. The van der Waals surface area contributed by atoms with Gasteiger partial charge in [0.05, 0.1) is 0 Å². The number of nitrogens with zero attached hydrogens (tertiary/aromatic N) is 1. The zero-order valence-corrected chi connectivity index (χ0v) is 9.98. The van der Waals surface area contributed by atoms with Crippen LogP contribution in [0.3, 0.4) is 0 Å². The molecular formula is C11H22N2S. The topological polar surface area (TPSA) is 15.3 Å². The molecule has 0 saturated carbocycles. The second-order valence-corrected chi connectivity index (χ2v) is 5.54. The summed E-state index contributed by atoms with van der Waals surface area (Å²) in [6.45, 7) is 6.05. The van der Waals surface area contributed by atoms with Crippen LogP contribution in [0.25, 0.3) is 0 Å². The van der Waals surface area contributed by atoms with Gasteiger partial charge < -0.3 is 5.32 Å².